The molecule has 1 aliphatic heterocycles. The second-order valence-corrected chi connectivity index (χ2v) is 5.66. The average Bonchev–Trinajstić information content (AvgIpc) is 2.64. The Morgan fingerprint density at radius 2 is 1.70 bits per heavy atom. The molecule has 0 saturated heterocycles. The number of carbonyl (C=O) groups is 1. The smallest absolute Gasteiger partial charge is 0.254 e. The number of aryl methyl sites for hydroxylation is 1. The van der Waals surface area contributed by atoms with Crippen LogP contribution in [0.1, 0.15) is 27.0 Å². The number of aliphatic hydroxyl groups is 1. The highest BCUT2D eigenvalue weighted by molar-refractivity contribution is 6.42. The average molecular weight is 308 g/mol. The second-order valence-electron chi connectivity index (χ2n) is 4.84. The second kappa shape index (κ2) is 4.48. The van der Waals surface area contributed by atoms with Gasteiger partial charge in [0, 0.05) is 16.7 Å². The molecule has 5 heteroatoms. The van der Waals surface area contributed by atoms with Crippen molar-refractivity contribution in [1.82, 2.24) is 5.32 Å². The maximum atomic E-state index is 12.0. The standard InChI is InChI=1S/C15H11Cl2NO2/c1-8-2-4-9(5-3-8)15(20)11-7-13(17)12(16)6-10(11)14(19)18-15/h2-7,20H,1H3,(H,18,19). The Kier molecular flexibility index (Phi) is 3.01. The van der Waals surface area contributed by atoms with E-state index in [2.05, 4.69) is 5.32 Å². The van der Waals surface area contributed by atoms with Crippen molar-refractivity contribution in [2.24, 2.45) is 0 Å². The van der Waals surface area contributed by atoms with E-state index in [4.69, 9.17) is 23.2 Å². The van der Waals surface area contributed by atoms with Crippen LogP contribution in [-0.4, -0.2) is 11.0 Å². The fourth-order valence-electron chi connectivity index (χ4n) is 2.36. The number of hydrogen-bond donors (Lipinski definition) is 2. The van der Waals surface area contributed by atoms with Gasteiger partial charge in [0.15, 0.2) is 5.72 Å². The lowest BCUT2D eigenvalue weighted by atomic mass is 9.94. The molecule has 0 fully saturated rings. The summed E-state index contributed by atoms with van der Waals surface area (Å²) in [5.41, 5.74) is 0.821. The van der Waals surface area contributed by atoms with Gasteiger partial charge in [-0.25, -0.2) is 0 Å². The van der Waals surface area contributed by atoms with Crippen molar-refractivity contribution in [3.63, 3.8) is 0 Å². The zero-order chi connectivity index (χ0) is 14.5. The lowest BCUT2D eigenvalue weighted by Crippen LogP contribution is -2.40. The summed E-state index contributed by atoms with van der Waals surface area (Å²) in [5.74, 6) is -0.373. The number of carbonyl (C=O) groups excluding carboxylic acids is 1. The summed E-state index contributed by atoms with van der Waals surface area (Å²) in [6.07, 6.45) is 0. The van der Waals surface area contributed by atoms with Gasteiger partial charge in [-0.1, -0.05) is 53.0 Å². The molecule has 102 valence electrons. The number of rotatable bonds is 1. The molecule has 0 aliphatic carbocycles. The van der Waals surface area contributed by atoms with Crippen LogP contribution in [0, 0.1) is 6.92 Å². The van der Waals surface area contributed by atoms with Gasteiger partial charge < -0.3 is 10.4 Å². The van der Waals surface area contributed by atoms with E-state index in [9.17, 15) is 9.90 Å². The van der Waals surface area contributed by atoms with Gasteiger partial charge in [0.1, 0.15) is 0 Å². The maximum Gasteiger partial charge on any atom is 0.254 e. The quantitative estimate of drug-likeness (QED) is 0.849. The number of fused-ring (bicyclic) bond motifs is 1. The summed E-state index contributed by atoms with van der Waals surface area (Å²) in [4.78, 5) is 12.0. The minimum Gasteiger partial charge on any atom is -0.363 e. The van der Waals surface area contributed by atoms with Gasteiger partial charge >= 0.3 is 0 Å². The van der Waals surface area contributed by atoms with E-state index in [1.807, 2.05) is 19.1 Å². The molecular weight excluding hydrogens is 297 g/mol. The number of nitrogens with one attached hydrogen (secondary N) is 1. The lowest BCUT2D eigenvalue weighted by molar-refractivity contribution is 0.0476. The van der Waals surface area contributed by atoms with Crippen LogP contribution in [0.15, 0.2) is 36.4 Å². The molecule has 3 nitrogen and oxygen atoms in total. The molecule has 1 amide bonds. The minimum absolute atomic E-state index is 0.286. The molecule has 20 heavy (non-hydrogen) atoms. The largest absolute Gasteiger partial charge is 0.363 e. The predicted octanol–water partition coefficient (Wildman–Crippen LogP) is 3.24. The van der Waals surface area contributed by atoms with Crippen molar-refractivity contribution in [2.45, 2.75) is 12.6 Å². The highest BCUT2D eigenvalue weighted by Crippen LogP contribution is 2.38. The summed E-state index contributed by atoms with van der Waals surface area (Å²) < 4.78 is 0. The number of hydrogen-bond acceptors (Lipinski definition) is 2. The lowest BCUT2D eigenvalue weighted by Gasteiger charge is -2.24. The van der Waals surface area contributed by atoms with Crippen LogP contribution < -0.4 is 5.32 Å². The van der Waals surface area contributed by atoms with E-state index in [0.29, 0.717) is 21.7 Å². The fraction of sp³-hybridized carbons (Fsp3) is 0.133. The van der Waals surface area contributed by atoms with E-state index in [-0.39, 0.29) is 10.9 Å². The third kappa shape index (κ3) is 1.90. The molecule has 2 aromatic carbocycles. The van der Waals surface area contributed by atoms with Crippen molar-refractivity contribution in [3.8, 4) is 0 Å². The Bertz CT molecular complexity index is 713. The molecule has 3 rings (SSSR count). The Hall–Kier alpha value is -1.55. The Balaban J connectivity index is 2.21. The molecular formula is C15H11Cl2NO2. The first kappa shape index (κ1) is 13.4. The predicted molar refractivity (Wildman–Crippen MR) is 78.1 cm³/mol. The first-order valence-corrected chi connectivity index (χ1v) is 6.79. The molecule has 2 aromatic rings. The number of halogens is 2. The Labute approximate surface area is 126 Å². The normalized spacial score (nSPS) is 20.7. The maximum absolute atomic E-state index is 12.0. The van der Waals surface area contributed by atoms with Crippen LogP contribution in [0.5, 0.6) is 0 Å². The third-order valence-corrected chi connectivity index (χ3v) is 4.18. The van der Waals surface area contributed by atoms with Gasteiger partial charge in [-0.3, -0.25) is 4.79 Å². The Morgan fingerprint density at radius 3 is 2.35 bits per heavy atom. The molecule has 0 bridgehead atoms. The fourth-order valence-corrected chi connectivity index (χ4v) is 2.68. The minimum atomic E-state index is -1.58. The van der Waals surface area contributed by atoms with Gasteiger partial charge in [0.05, 0.1) is 10.0 Å². The SMILES string of the molecule is Cc1ccc(C2(O)NC(=O)c3cc(Cl)c(Cl)cc32)cc1. The molecule has 0 radical (unpaired) electrons. The van der Waals surface area contributed by atoms with Crippen molar-refractivity contribution in [1.29, 1.82) is 0 Å². The zero-order valence-electron chi connectivity index (χ0n) is 10.6. The van der Waals surface area contributed by atoms with Crippen LogP contribution in [0.25, 0.3) is 0 Å². The summed E-state index contributed by atoms with van der Waals surface area (Å²) in [7, 11) is 0. The molecule has 1 aliphatic rings. The number of benzene rings is 2. The highest BCUT2D eigenvalue weighted by atomic mass is 35.5. The molecule has 0 aromatic heterocycles. The van der Waals surface area contributed by atoms with Gasteiger partial charge in [0.25, 0.3) is 5.91 Å². The van der Waals surface area contributed by atoms with Gasteiger partial charge in [-0.15, -0.1) is 0 Å². The first-order chi connectivity index (χ1) is 9.41. The van der Waals surface area contributed by atoms with Crippen molar-refractivity contribution in [3.05, 3.63) is 68.7 Å². The molecule has 1 atom stereocenters. The summed E-state index contributed by atoms with van der Waals surface area (Å²) in [6, 6.07) is 10.3. The van der Waals surface area contributed by atoms with E-state index >= 15 is 0 Å². The summed E-state index contributed by atoms with van der Waals surface area (Å²) in [6.45, 7) is 1.95. The summed E-state index contributed by atoms with van der Waals surface area (Å²) in [5, 5.41) is 14.0. The van der Waals surface area contributed by atoms with Gasteiger partial charge in [-0.05, 0) is 19.1 Å². The monoisotopic (exact) mass is 307 g/mol. The van der Waals surface area contributed by atoms with Crippen LogP contribution in [0.2, 0.25) is 10.0 Å². The van der Waals surface area contributed by atoms with E-state index in [1.165, 1.54) is 12.1 Å². The van der Waals surface area contributed by atoms with Crippen LogP contribution in [-0.2, 0) is 5.72 Å². The van der Waals surface area contributed by atoms with E-state index in [1.54, 1.807) is 12.1 Å². The molecule has 0 saturated carbocycles. The molecule has 1 unspecified atom stereocenters. The molecule has 2 N–H and O–H groups in total. The van der Waals surface area contributed by atoms with Gasteiger partial charge in [0.2, 0.25) is 0 Å². The van der Waals surface area contributed by atoms with Crippen molar-refractivity contribution < 1.29 is 9.90 Å². The molecule has 0 spiro atoms. The van der Waals surface area contributed by atoms with Gasteiger partial charge in [-0.2, -0.15) is 0 Å². The molecule has 1 heterocycles. The van der Waals surface area contributed by atoms with Crippen molar-refractivity contribution in [2.75, 3.05) is 0 Å². The summed E-state index contributed by atoms with van der Waals surface area (Å²) >= 11 is 11.9. The third-order valence-electron chi connectivity index (χ3n) is 3.46. The van der Waals surface area contributed by atoms with Crippen LogP contribution >= 0.6 is 23.2 Å². The van der Waals surface area contributed by atoms with Crippen LogP contribution in [0.4, 0.5) is 0 Å². The van der Waals surface area contributed by atoms with E-state index in [0.717, 1.165) is 5.56 Å². The highest BCUT2D eigenvalue weighted by Gasteiger charge is 2.43. The first-order valence-electron chi connectivity index (χ1n) is 6.03. The zero-order valence-corrected chi connectivity index (χ0v) is 12.1. The van der Waals surface area contributed by atoms with E-state index < -0.39 is 5.72 Å². The topological polar surface area (TPSA) is 49.3 Å². The van der Waals surface area contributed by atoms with Crippen LogP contribution in [0.3, 0.4) is 0 Å². The number of amides is 1. The Morgan fingerprint density at radius 1 is 1.10 bits per heavy atom. The van der Waals surface area contributed by atoms with Crippen molar-refractivity contribution >= 4 is 29.1 Å².